The summed E-state index contributed by atoms with van der Waals surface area (Å²) in [6.45, 7) is 0.882. The molecule has 0 unspecified atom stereocenters. The summed E-state index contributed by atoms with van der Waals surface area (Å²) in [5.74, 6) is -4.87. The molecule has 0 aliphatic heterocycles. The van der Waals surface area contributed by atoms with Gasteiger partial charge < -0.3 is 10.4 Å². The maximum absolute atomic E-state index is 14.4. The van der Waals surface area contributed by atoms with Crippen LogP contribution in [0.5, 0.6) is 0 Å². The number of hydroxylamine groups is 1. The lowest BCUT2D eigenvalue weighted by Gasteiger charge is -2.15. The third kappa shape index (κ3) is 4.47. The molecule has 0 aliphatic rings. The van der Waals surface area contributed by atoms with E-state index in [4.69, 9.17) is 16.7 Å². The summed E-state index contributed by atoms with van der Waals surface area (Å²) in [4.78, 5) is 31.1. The minimum atomic E-state index is -1.39. The van der Waals surface area contributed by atoms with Gasteiger partial charge in [-0.25, -0.2) is 24.0 Å². The summed E-state index contributed by atoms with van der Waals surface area (Å²) in [5, 5.41) is 10.4. The minimum absolute atomic E-state index is 0.205. The molecule has 0 atom stereocenters. The van der Waals surface area contributed by atoms with Gasteiger partial charge in [-0.05, 0) is 18.6 Å². The largest absolute Gasteiger partial charge is 0.479 e. The zero-order valence-corrected chi connectivity index (χ0v) is 14.4. The smallest absolute Gasteiger partial charge is 0.332 e. The van der Waals surface area contributed by atoms with Crippen LogP contribution in [0.25, 0.3) is 0 Å². The Hall–Kier alpha value is -2.72. The van der Waals surface area contributed by atoms with Gasteiger partial charge in [0.1, 0.15) is 13.7 Å². The quantitative estimate of drug-likeness (QED) is 0.392. The number of aryl methyl sites for hydroxylation is 1. The lowest BCUT2D eigenvalue weighted by Crippen LogP contribution is -2.27. The van der Waals surface area contributed by atoms with E-state index < -0.39 is 40.8 Å². The molecule has 3 N–H and O–H groups in total. The third-order valence-electron chi connectivity index (χ3n) is 3.23. The SMILES string of the molecule is Bc1cnc(Nc2c(C(=O)NOCC(=O)O)cc(Cl)c(F)c2F)c(C)c1. The van der Waals surface area contributed by atoms with E-state index in [-0.39, 0.29) is 11.4 Å². The Morgan fingerprint density at radius 1 is 1.35 bits per heavy atom. The zero-order chi connectivity index (χ0) is 19.4. The Morgan fingerprint density at radius 2 is 2.04 bits per heavy atom. The van der Waals surface area contributed by atoms with Gasteiger partial charge in [0.2, 0.25) is 0 Å². The van der Waals surface area contributed by atoms with Crippen molar-refractivity contribution in [3.8, 4) is 0 Å². The molecule has 1 aromatic carbocycles. The molecule has 0 radical (unpaired) electrons. The van der Waals surface area contributed by atoms with Crippen LogP contribution >= 0.6 is 11.6 Å². The fraction of sp³-hybridized carbons (Fsp3) is 0.133. The predicted octanol–water partition coefficient (Wildman–Crippen LogP) is 1.07. The monoisotopic (exact) mass is 383 g/mol. The average Bonchev–Trinajstić information content (AvgIpc) is 2.56. The Morgan fingerprint density at radius 3 is 2.65 bits per heavy atom. The molecule has 26 heavy (non-hydrogen) atoms. The highest BCUT2D eigenvalue weighted by Crippen LogP contribution is 2.31. The van der Waals surface area contributed by atoms with E-state index in [9.17, 15) is 18.4 Å². The van der Waals surface area contributed by atoms with Crippen molar-refractivity contribution < 1.29 is 28.3 Å². The van der Waals surface area contributed by atoms with Gasteiger partial charge in [0.05, 0.1) is 16.3 Å². The molecule has 0 aliphatic carbocycles. The van der Waals surface area contributed by atoms with Gasteiger partial charge in [-0.15, -0.1) is 0 Å². The van der Waals surface area contributed by atoms with Crippen LogP contribution in [0, 0.1) is 18.6 Å². The van der Waals surface area contributed by atoms with Gasteiger partial charge >= 0.3 is 5.97 Å². The molecular weight excluding hydrogens is 370 g/mol. The first kappa shape index (κ1) is 19.6. The van der Waals surface area contributed by atoms with Gasteiger partial charge in [-0.2, -0.15) is 0 Å². The van der Waals surface area contributed by atoms with E-state index in [2.05, 4.69) is 15.1 Å². The van der Waals surface area contributed by atoms with Crippen LogP contribution in [0.1, 0.15) is 15.9 Å². The summed E-state index contributed by atoms with van der Waals surface area (Å²) in [7, 11) is 1.81. The van der Waals surface area contributed by atoms with Gasteiger partial charge in [0.15, 0.2) is 18.2 Å². The normalized spacial score (nSPS) is 10.5. The number of halogens is 3. The molecule has 0 spiro atoms. The fourth-order valence-corrected chi connectivity index (χ4v) is 2.27. The number of aromatic nitrogens is 1. The molecule has 2 aromatic rings. The van der Waals surface area contributed by atoms with Crippen LogP contribution in [-0.2, 0) is 9.63 Å². The second-order valence-electron chi connectivity index (χ2n) is 5.33. The number of rotatable bonds is 6. The van der Waals surface area contributed by atoms with Crippen LogP contribution < -0.4 is 16.3 Å². The summed E-state index contributed by atoms with van der Waals surface area (Å²) >= 11 is 5.60. The number of aliphatic carboxylic acids is 1. The number of nitrogens with zero attached hydrogens (tertiary/aromatic N) is 1. The number of nitrogens with one attached hydrogen (secondary N) is 2. The van der Waals surface area contributed by atoms with Crippen molar-refractivity contribution in [1.29, 1.82) is 0 Å². The van der Waals surface area contributed by atoms with Crippen molar-refractivity contribution >= 4 is 48.3 Å². The molecule has 0 bridgehead atoms. The van der Waals surface area contributed by atoms with E-state index in [0.717, 1.165) is 11.5 Å². The number of carbonyl (C=O) groups excluding carboxylic acids is 1. The summed E-state index contributed by atoms with van der Waals surface area (Å²) < 4.78 is 28.2. The Labute approximate surface area is 152 Å². The van der Waals surface area contributed by atoms with Gasteiger partial charge in [-0.1, -0.05) is 23.1 Å². The van der Waals surface area contributed by atoms with Crippen molar-refractivity contribution in [2.45, 2.75) is 6.92 Å². The minimum Gasteiger partial charge on any atom is -0.479 e. The molecule has 136 valence electrons. The van der Waals surface area contributed by atoms with Crippen molar-refractivity contribution in [3.05, 3.63) is 46.1 Å². The van der Waals surface area contributed by atoms with Crippen LogP contribution in [0.3, 0.4) is 0 Å². The van der Waals surface area contributed by atoms with E-state index in [1.165, 1.54) is 6.20 Å². The number of anilines is 2. The Kier molecular flexibility index (Phi) is 6.12. The molecule has 2 rings (SSSR count). The van der Waals surface area contributed by atoms with Crippen LogP contribution in [0.4, 0.5) is 20.3 Å². The first-order valence-electron chi connectivity index (χ1n) is 7.22. The molecule has 1 amide bonds. The first-order chi connectivity index (χ1) is 12.2. The van der Waals surface area contributed by atoms with E-state index in [0.29, 0.717) is 5.56 Å². The zero-order valence-electron chi connectivity index (χ0n) is 13.7. The summed E-state index contributed by atoms with van der Waals surface area (Å²) in [5.41, 5.74) is 2.42. The highest BCUT2D eigenvalue weighted by molar-refractivity contribution is 6.32. The molecule has 11 heteroatoms. The number of benzene rings is 1. The van der Waals surface area contributed by atoms with Crippen molar-refractivity contribution in [2.75, 3.05) is 11.9 Å². The predicted molar refractivity (Wildman–Crippen MR) is 92.9 cm³/mol. The highest BCUT2D eigenvalue weighted by atomic mass is 35.5. The van der Waals surface area contributed by atoms with Crippen LogP contribution in [0.15, 0.2) is 18.3 Å². The highest BCUT2D eigenvalue weighted by Gasteiger charge is 2.23. The maximum Gasteiger partial charge on any atom is 0.332 e. The topological polar surface area (TPSA) is 101 Å². The molecular formula is C15H13BClF2N3O4. The van der Waals surface area contributed by atoms with Crippen LogP contribution in [0.2, 0.25) is 5.02 Å². The maximum atomic E-state index is 14.4. The Balaban J connectivity index is 2.41. The number of carboxylic acids is 1. The number of carbonyl (C=O) groups is 2. The molecule has 0 fully saturated rings. The number of hydrogen-bond donors (Lipinski definition) is 3. The molecule has 1 heterocycles. The van der Waals surface area contributed by atoms with Gasteiger partial charge in [0.25, 0.3) is 5.91 Å². The van der Waals surface area contributed by atoms with Crippen molar-refractivity contribution in [2.24, 2.45) is 0 Å². The standard InChI is InChI=1S/C15H13BClF2N3O4/c1-6-2-7(16)4-20-14(6)21-13-8(3-9(17)11(18)12(13)19)15(25)22-26-5-10(23)24/h2-4H,5,16H2,1H3,(H,20,21)(H,22,25)(H,23,24). The summed E-state index contributed by atoms with van der Waals surface area (Å²) in [6.07, 6.45) is 1.51. The lowest BCUT2D eigenvalue weighted by molar-refractivity contribution is -0.144. The number of pyridine rings is 1. The van der Waals surface area contributed by atoms with Gasteiger partial charge in [-0.3, -0.25) is 9.63 Å². The molecule has 0 saturated carbocycles. The molecule has 1 aromatic heterocycles. The second-order valence-corrected chi connectivity index (χ2v) is 5.73. The van der Waals surface area contributed by atoms with E-state index in [1.807, 2.05) is 13.3 Å². The van der Waals surface area contributed by atoms with Gasteiger partial charge in [0, 0.05) is 6.20 Å². The number of carboxylic acid groups (broad SMARTS) is 1. The fourth-order valence-electron chi connectivity index (χ4n) is 2.08. The molecule has 0 saturated heterocycles. The van der Waals surface area contributed by atoms with Crippen LogP contribution in [-0.4, -0.2) is 36.4 Å². The molecule has 7 nitrogen and oxygen atoms in total. The Bertz CT molecular complexity index is 882. The summed E-state index contributed by atoms with van der Waals surface area (Å²) in [6, 6.07) is 2.65. The first-order valence-corrected chi connectivity index (χ1v) is 7.60. The second kappa shape index (κ2) is 8.11. The number of hydrogen-bond acceptors (Lipinski definition) is 5. The van der Waals surface area contributed by atoms with E-state index >= 15 is 0 Å². The van der Waals surface area contributed by atoms with Crippen molar-refractivity contribution in [1.82, 2.24) is 10.5 Å². The number of amides is 1. The third-order valence-corrected chi connectivity index (χ3v) is 3.50. The van der Waals surface area contributed by atoms with E-state index in [1.54, 1.807) is 13.0 Å². The lowest BCUT2D eigenvalue weighted by atomic mass is 9.97. The van der Waals surface area contributed by atoms with Crippen molar-refractivity contribution in [3.63, 3.8) is 0 Å². The average molecular weight is 384 g/mol.